The first-order chi connectivity index (χ1) is 11.7. The zero-order chi connectivity index (χ0) is 16.8. The number of benzene rings is 1. The highest BCUT2D eigenvalue weighted by Crippen LogP contribution is 2.09. The van der Waals surface area contributed by atoms with Crippen molar-refractivity contribution in [1.82, 2.24) is 14.8 Å². The SMILES string of the molecule is Cc1cccc(/C=C/C(=O)N2CCN(Cc3ccccn3)CC2)c1. The number of carbonyl (C=O) groups excluding carboxylic acids is 1. The lowest BCUT2D eigenvalue weighted by atomic mass is 10.1. The van der Waals surface area contributed by atoms with Gasteiger partial charge in [-0.3, -0.25) is 14.7 Å². The van der Waals surface area contributed by atoms with E-state index >= 15 is 0 Å². The lowest BCUT2D eigenvalue weighted by molar-refractivity contribution is -0.127. The van der Waals surface area contributed by atoms with Crippen molar-refractivity contribution in [2.75, 3.05) is 26.2 Å². The maximum absolute atomic E-state index is 12.3. The van der Waals surface area contributed by atoms with Gasteiger partial charge in [0.2, 0.25) is 5.91 Å². The summed E-state index contributed by atoms with van der Waals surface area (Å²) in [5, 5.41) is 0. The monoisotopic (exact) mass is 321 g/mol. The van der Waals surface area contributed by atoms with Crippen molar-refractivity contribution < 1.29 is 4.79 Å². The number of nitrogens with zero attached hydrogens (tertiary/aromatic N) is 3. The summed E-state index contributed by atoms with van der Waals surface area (Å²) in [4.78, 5) is 21.0. The Kier molecular flexibility index (Phi) is 5.39. The third-order valence-corrected chi connectivity index (χ3v) is 4.26. The average molecular weight is 321 g/mol. The number of aryl methyl sites for hydroxylation is 1. The number of carbonyl (C=O) groups is 1. The van der Waals surface area contributed by atoms with Gasteiger partial charge in [-0.15, -0.1) is 0 Å². The summed E-state index contributed by atoms with van der Waals surface area (Å²) in [6, 6.07) is 14.1. The predicted molar refractivity (Wildman–Crippen MR) is 96.3 cm³/mol. The molecule has 1 saturated heterocycles. The molecule has 0 saturated carbocycles. The first-order valence-corrected chi connectivity index (χ1v) is 8.36. The molecular weight excluding hydrogens is 298 g/mol. The number of amides is 1. The second-order valence-electron chi connectivity index (χ2n) is 6.17. The van der Waals surface area contributed by atoms with Gasteiger partial charge in [0.25, 0.3) is 0 Å². The normalized spacial score (nSPS) is 15.8. The Morgan fingerprint density at radius 3 is 2.67 bits per heavy atom. The first-order valence-electron chi connectivity index (χ1n) is 8.36. The predicted octanol–water partition coefficient (Wildman–Crippen LogP) is 2.75. The third-order valence-electron chi connectivity index (χ3n) is 4.26. The minimum Gasteiger partial charge on any atom is -0.337 e. The fourth-order valence-corrected chi connectivity index (χ4v) is 2.89. The second-order valence-corrected chi connectivity index (χ2v) is 6.17. The smallest absolute Gasteiger partial charge is 0.246 e. The van der Waals surface area contributed by atoms with Crippen molar-refractivity contribution in [3.8, 4) is 0 Å². The van der Waals surface area contributed by atoms with Gasteiger partial charge < -0.3 is 4.90 Å². The lowest BCUT2D eigenvalue weighted by Gasteiger charge is -2.34. The van der Waals surface area contributed by atoms with Crippen LogP contribution in [0.15, 0.2) is 54.7 Å². The van der Waals surface area contributed by atoms with E-state index in [1.807, 2.05) is 47.5 Å². The second kappa shape index (κ2) is 7.88. The van der Waals surface area contributed by atoms with E-state index in [2.05, 4.69) is 28.9 Å². The van der Waals surface area contributed by atoms with Crippen molar-refractivity contribution in [2.24, 2.45) is 0 Å². The lowest BCUT2D eigenvalue weighted by Crippen LogP contribution is -2.47. The fourth-order valence-electron chi connectivity index (χ4n) is 2.89. The van der Waals surface area contributed by atoms with Gasteiger partial charge in [0.1, 0.15) is 0 Å². The van der Waals surface area contributed by atoms with Crippen LogP contribution >= 0.6 is 0 Å². The topological polar surface area (TPSA) is 36.4 Å². The standard InChI is InChI=1S/C20H23N3O/c1-17-5-4-6-18(15-17)8-9-20(24)23-13-11-22(12-14-23)16-19-7-2-3-10-21-19/h2-10,15H,11-14,16H2,1H3/b9-8+. The molecule has 4 nitrogen and oxygen atoms in total. The molecule has 2 aromatic rings. The van der Waals surface area contributed by atoms with Gasteiger partial charge in [-0.2, -0.15) is 0 Å². The summed E-state index contributed by atoms with van der Waals surface area (Å²) in [6.07, 6.45) is 5.41. The average Bonchev–Trinajstić information content (AvgIpc) is 2.61. The molecule has 4 heteroatoms. The van der Waals surface area contributed by atoms with Crippen LogP contribution < -0.4 is 0 Å². The van der Waals surface area contributed by atoms with Crippen LogP contribution in [0.5, 0.6) is 0 Å². The molecule has 0 aliphatic carbocycles. The highest BCUT2D eigenvalue weighted by molar-refractivity contribution is 5.91. The van der Waals surface area contributed by atoms with Crippen LogP contribution in [0.1, 0.15) is 16.8 Å². The van der Waals surface area contributed by atoms with Crippen molar-refractivity contribution >= 4 is 12.0 Å². The van der Waals surface area contributed by atoms with Gasteiger partial charge >= 0.3 is 0 Å². The molecule has 1 aromatic heterocycles. The van der Waals surface area contributed by atoms with E-state index < -0.39 is 0 Å². The Morgan fingerprint density at radius 2 is 1.96 bits per heavy atom. The Bertz CT molecular complexity index is 704. The molecule has 0 radical (unpaired) electrons. The van der Waals surface area contributed by atoms with Crippen molar-refractivity contribution in [3.05, 3.63) is 71.6 Å². The first kappa shape index (κ1) is 16.4. The zero-order valence-corrected chi connectivity index (χ0v) is 14.1. The van der Waals surface area contributed by atoms with E-state index in [4.69, 9.17) is 0 Å². The zero-order valence-electron chi connectivity index (χ0n) is 14.1. The maximum Gasteiger partial charge on any atom is 0.246 e. The van der Waals surface area contributed by atoms with Crippen LogP contribution in [-0.2, 0) is 11.3 Å². The van der Waals surface area contributed by atoms with E-state index in [0.717, 1.165) is 44.0 Å². The highest BCUT2D eigenvalue weighted by atomic mass is 16.2. The van der Waals surface area contributed by atoms with Crippen LogP contribution in [0.25, 0.3) is 6.08 Å². The molecule has 2 heterocycles. The largest absolute Gasteiger partial charge is 0.337 e. The Hall–Kier alpha value is -2.46. The van der Waals surface area contributed by atoms with Crippen LogP contribution in [0.4, 0.5) is 0 Å². The van der Waals surface area contributed by atoms with Crippen LogP contribution in [0.3, 0.4) is 0 Å². The molecule has 1 amide bonds. The third kappa shape index (κ3) is 4.52. The minimum absolute atomic E-state index is 0.0917. The summed E-state index contributed by atoms with van der Waals surface area (Å²) >= 11 is 0. The molecule has 0 spiro atoms. The van der Waals surface area contributed by atoms with Crippen molar-refractivity contribution in [1.29, 1.82) is 0 Å². The summed E-state index contributed by atoms with van der Waals surface area (Å²) in [6.45, 7) is 6.22. The Morgan fingerprint density at radius 1 is 1.12 bits per heavy atom. The highest BCUT2D eigenvalue weighted by Gasteiger charge is 2.19. The molecule has 1 fully saturated rings. The summed E-state index contributed by atoms with van der Waals surface area (Å²) < 4.78 is 0. The molecule has 24 heavy (non-hydrogen) atoms. The maximum atomic E-state index is 12.3. The summed E-state index contributed by atoms with van der Waals surface area (Å²) in [5.74, 6) is 0.0917. The van der Waals surface area contributed by atoms with Gasteiger partial charge in [-0.25, -0.2) is 0 Å². The van der Waals surface area contributed by atoms with Crippen LogP contribution in [-0.4, -0.2) is 46.9 Å². The molecule has 1 aromatic carbocycles. The number of pyridine rings is 1. The van der Waals surface area contributed by atoms with E-state index in [1.165, 1.54) is 5.56 Å². The number of hydrogen-bond acceptors (Lipinski definition) is 3. The van der Waals surface area contributed by atoms with E-state index in [9.17, 15) is 4.79 Å². The molecule has 3 rings (SSSR count). The molecule has 0 bridgehead atoms. The molecule has 0 N–H and O–H groups in total. The Balaban J connectivity index is 1.50. The van der Waals surface area contributed by atoms with Gasteiger partial charge in [0.05, 0.1) is 5.69 Å². The molecule has 0 atom stereocenters. The summed E-state index contributed by atoms with van der Waals surface area (Å²) in [5.41, 5.74) is 3.35. The van der Waals surface area contributed by atoms with Gasteiger partial charge in [0, 0.05) is 45.0 Å². The van der Waals surface area contributed by atoms with Crippen LogP contribution in [0.2, 0.25) is 0 Å². The van der Waals surface area contributed by atoms with E-state index in [0.29, 0.717) is 0 Å². The number of rotatable bonds is 4. The van der Waals surface area contributed by atoms with E-state index in [1.54, 1.807) is 6.08 Å². The van der Waals surface area contributed by atoms with Gasteiger partial charge in [-0.1, -0.05) is 35.9 Å². The van der Waals surface area contributed by atoms with Gasteiger partial charge in [0.15, 0.2) is 0 Å². The minimum atomic E-state index is 0.0917. The van der Waals surface area contributed by atoms with Crippen molar-refractivity contribution in [3.63, 3.8) is 0 Å². The molecule has 0 unspecified atom stereocenters. The number of aromatic nitrogens is 1. The quantitative estimate of drug-likeness (QED) is 0.813. The fraction of sp³-hybridized carbons (Fsp3) is 0.300. The number of piperazine rings is 1. The number of hydrogen-bond donors (Lipinski definition) is 0. The van der Waals surface area contributed by atoms with Gasteiger partial charge in [-0.05, 0) is 30.7 Å². The van der Waals surface area contributed by atoms with E-state index in [-0.39, 0.29) is 5.91 Å². The summed E-state index contributed by atoms with van der Waals surface area (Å²) in [7, 11) is 0. The molecule has 124 valence electrons. The Labute approximate surface area is 143 Å². The molecule has 1 aliphatic heterocycles. The molecular formula is C20H23N3O. The molecule has 1 aliphatic rings. The van der Waals surface area contributed by atoms with Crippen molar-refractivity contribution in [2.45, 2.75) is 13.5 Å². The van der Waals surface area contributed by atoms with Crippen LogP contribution in [0, 0.1) is 6.92 Å².